The van der Waals surface area contributed by atoms with Crippen molar-refractivity contribution in [1.82, 2.24) is 0 Å². The van der Waals surface area contributed by atoms with E-state index in [4.69, 9.17) is 9.47 Å². The maximum Gasteiger partial charge on any atom is 0.306 e. The summed E-state index contributed by atoms with van der Waals surface area (Å²) in [6.45, 7) is 4.05. The Morgan fingerprint density at radius 2 is 1.76 bits per heavy atom. The van der Waals surface area contributed by atoms with Crippen LogP contribution in [0.15, 0.2) is 48.5 Å². The molecule has 0 spiro atoms. The number of nitrogens with one attached hydrogen (secondary N) is 1. The maximum absolute atomic E-state index is 11.9. The summed E-state index contributed by atoms with van der Waals surface area (Å²) in [5.74, 6) is 0.0131. The van der Waals surface area contributed by atoms with Crippen LogP contribution >= 0.6 is 0 Å². The molecule has 0 fully saturated rings. The van der Waals surface area contributed by atoms with Gasteiger partial charge in [-0.3, -0.25) is 9.59 Å². The van der Waals surface area contributed by atoms with Crippen LogP contribution in [0.4, 0.5) is 5.69 Å². The van der Waals surface area contributed by atoms with E-state index in [9.17, 15) is 9.59 Å². The third-order valence-electron chi connectivity index (χ3n) is 3.78. The first kappa shape index (κ1) is 18.5. The quantitative estimate of drug-likeness (QED) is 0.588. The predicted octanol–water partition coefficient (Wildman–Crippen LogP) is 3.64. The van der Waals surface area contributed by atoms with Crippen LogP contribution < -0.4 is 10.1 Å². The highest BCUT2D eigenvalue weighted by molar-refractivity contribution is 5.93. The second kappa shape index (κ2) is 9.47. The molecule has 0 aliphatic carbocycles. The van der Waals surface area contributed by atoms with Gasteiger partial charge >= 0.3 is 5.97 Å². The Labute approximate surface area is 148 Å². The highest BCUT2D eigenvalue weighted by Crippen LogP contribution is 2.17. The number of amides is 1. The van der Waals surface area contributed by atoms with Crippen LogP contribution in [0.25, 0.3) is 0 Å². The molecule has 0 heterocycles. The number of rotatable bonds is 8. The van der Waals surface area contributed by atoms with E-state index in [1.807, 2.05) is 62.4 Å². The van der Waals surface area contributed by atoms with E-state index >= 15 is 0 Å². The molecule has 132 valence electrons. The minimum atomic E-state index is -0.409. The Bertz CT molecular complexity index is 713. The van der Waals surface area contributed by atoms with E-state index in [0.717, 1.165) is 22.6 Å². The van der Waals surface area contributed by atoms with Crippen molar-refractivity contribution in [2.75, 3.05) is 18.5 Å². The van der Waals surface area contributed by atoms with Gasteiger partial charge in [0.15, 0.2) is 6.61 Å². The van der Waals surface area contributed by atoms with Crippen molar-refractivity contribution in [1.29, 1.82) is 0 Å². The summed E-state index contributed by atoms with van der Waals surface area (Å²) in [4.78, 5) is 23.6. The third-order valence-corrected chi connectivity index (χ3v) is 3.78. The summed E-state index contributed by atoms with van der Waals surface area (Å²) in [5, 5.41) is 2.75. The molecule has 5 nitrogen and oxygen atoms in total. The molecule has 0 saturated carbocycles. The van der Waals surface area contributed by atoms with Gasteiger partial charge in [0.25, 0.3) is 5.91 Å². The van der Waals surface area contributed by atoms with Gasteiger partial charge < -0.3 is 14.8 Å². The zero-order valence-electron chi connectivity index (χ0n) is 14.6. The molecule has 25 heavy (non-hydrogen) atoms. The summed E-state index contributed by atoms with van der Waals surface area (Å²) in [5.41, 5.74) is 2.82. The number of hydrogen-bond donors (Lipinski definition) is 1. The van der Waals surface area contributed by atoms with Gasteiger partial charge in [-0.05, 0) is 49.6 Å². The molecule has 0 aliphatic heterocycles. The zero-order chi connectivity index (χ0) is 18.1. The molecular weight excluding hydrogens is 318 g/mol. The molecule has 2 rings (SSSR count). The molecule has 0 atom stereocenters. The second-order valence-electron chi connectivity index (χ2n) is 5.72. The minimum Gasteiger partial charge on any atom is -0.494 e. The summed E-state index contributed by atoms with van der Waals surface area (Å²) in [7, 11) is 0. The number of carbonyl (C=O) groups excluding carboxylic acids is 2. The zero-order valence-corrected chi connectivity index (χ0v) is 14.6. The second-order valence-corrected chi connectivity index (χ2v) is 5.72. The molecule has 0 aromatic heterocycles. The fraction of sp³-hybridized carbons (Fsp3) is 0.300. The highest BCUT2D eigenvalue weighted by atomic mass is 16.5. The van der Waals surface area contributed by atoms with Gasteiger partial charge in [-0.15, -0.1) is 0 Å². The van der Waals surface area contributed by atoms with Crippen LogP contribution in [0.2, 0.25) is 0 Å². The number of ether oxygens (including phenoxy) is 2. The Morgan fingerprint density at radius 1 is 1.00 bits per heavy atom. The van der Waals surface area contributed by atoms with Crippen molar-refractivity contribution in [3.8, 4) is 5.75 Å². The number of carbonyl (C=O) groups is 2. The Balaban J connectivity index is 1.64. The van der Waals surface area contributed by atoms with E-state index in [0.29, 0.717) is 13.0 Å². The lowest BCUT2D eigenvalue weighted by molar-refractivity contribution is -0.147. The van der Waals surface area contributed by atoms with E-state index in [-0.39, 0.29) is 18.9 Å². The van der Waals surface area contributed by atoms with Crippen molar-refractivity contribution >= 4 is 17.6 Å². The number of hydrogen-bond acceptors (Lipinski definition) is 4. The van der Waals surface area contributed by atoms with Gasteiger partial charge in [0.2, 0.25) is 0 Å². The number of benzene rings is 2. The number of esters is 1. The molecule has 0 radical (unpaired) electrons. The van der Waals surface area contributed by atoms with Gasteiger partial charge in [-0.25, -0.2) is 0 Å². The SMILES string of the molecule is Cc1cccc(NC(=O)COC(=O)CCCOc2ccccc2)c1C. The topological polar surface area (TPSA) is 64.6 Å². The van der Waals surface area contributed by atoms with Crippen LogP contribution in [0.5, 0.6) is 5.75 Å². The van der Waals surface area contributed by atoms with Crippen molar-refractivity contribution in [2.24, 2.45) is 0 Å². The molecule has 5 heteroatoms. The standard InChI is InChI=1S/C20H23NO4/c1-15-8-6-11-18(16(15)2)21-19(22)14-25-20(23)12-7-13-24-17-9-4-3-5-10-17/h3-6,8-11H,7,12-14H2,1-2H3,(H,21,22). The number of anilines is 1. The predicted molar refractivity (Wildman–Crippen MR) is 96.7 cm³/mol. The molecule has 0 aliphatic rings. The van der Waals surface area contributed by atoms with E-state index in [2.05, 4.69) is 5.32 Å². The van der Waals surface area contributed by atoms with Crippen LogP contribution in [-0.2, 0) is 14.3 Å². The third kappa shape index (κ3) is 6.30. The summed E-state index contributed by atoms with van der Waals surface area (Å²) in [6, 6.07) is 15.1. The molecule has 2 aromatic carbocycles. The lowest BCUT2D eigenvalue weighted by Gasteiger charge is -2.10. The molecule has 1 N–H and O–H groups in total. The fourth-order valence-corrected chi connectivity index (χ4v) is 2.21. The van der Waals surface area contributed by atoms with Crippen molar-refractivity contribution in [3.63, 3.8) is 0 Å². The molecular formula is C20H23NO4. The Kier molecular flexibility index (Phi) is 7.01. The van der Waals surface area contributed by atoms with Gasteiger partial charge in [0, 0.05) is 12.1 Å². The van der Waals surface area contributed by atoms with Crippen molar-refractivity contribution in [2.45, 2.75) is 26.7 Å². The van der Waals surface area contributed by atoms with Crippen LogP contribution in [0, 0.1) is 13.8 Å². The smallest absolute Gasteiger partial charge is 0.306 e. The summed E-state index contributed by atoms with van der Waals surface area (Å²) in [6.07, 6.45) is 0.746. The number of para-hydroxylation sites is 1. The van der Waals surface area contributed by atoms with Crippen LogP contribution in [-0.4, -0.2) is 25.1 Å². The minimum absolute atomic E-state index is 0.212. The van der Waals surface area contributed by atoms with E-state index < -0.39 is 5.97 Å². The van der Waals surface area contributed by atoms with Gasteiger partial charge in [-0.1, -0.05) is 30.3 Å². The van der Waals surface area contributed by atoms with Gasteiger partial charge in [-0.2, -0.15) is 0 Å². The molecule has 0 bridgehead atoms. The fourth-order valence-electron chi connectivity index (χ4n) is 2.21. The average Bonchev–Trinajstić information content (AvgIpc) is 2.62. The highest BCUT2D eigenvalue weighted by Gasteiger charge is 2.09. The molecule has 0 saturated heterocycles. The lowest BCUT2D eigenvalue weighted by Crippen LogP contribution is -2.21. The first-order valence-corrected chi connectivity index (χ1v) is 8.26. The lowest BCUT2D eigenvalue weighted by atomic mass is 10.1. The van der Waals surface area contributed by atoms with Gasteiger partial charge in [0.05, 0.1) is 6.61 Å². The average molecular weight is 341 g/mol. The monoisotopic (exact) mass is 341 g/mol. The van der Waals surface area contributed by atoms with Gasteiger partial charge in [0.1, 0.15) is 5.75 Å². The first-order valence-electron chi connectivity index (χ1n) is 8.26. The molecule has 1 amide bonds. The van der Waals surface area contributed by atoms with Crippen LogP contribution in [0.3, 0.4) is 0 Å². The van der Waals surface area contributed by atoms with Crippen molar-refractivity contribution < 1.29 is 19.1 Å². The molecule has 2 aromatic rings. The largest absolute Gasteiger partial charge is 0.494 e. The summed E-state index contributed by atoms with van der Waals surface area (Å²) >= 11 is 0. The maximum atomic E-state index is 11.9. The Morgan fingerprint density at radius 3 is 2.52 bits per heavy atom. The van der Waals surface area contributed by atoms with E-state index in [1.165, 1.54) is 0 Å². The Hall–Kier alpha value is -2.82. The molecule has 0 unspecified atom stereocenters. The van der Waals surface area contributed by atoms with Crippen molar-refractivity contribution in [3.05, 3.63) is 59.7 Å². The normalized spacial score (nSPS) is 10.2. The summed E-state index contributed by atoms with van der Waals surface area (Å²) < 4.78 is 10.5. The number of aryl methyl sites for hydroxylation is 1. The van der Waals surface area contributed by atoms with E-state index in [1.54, 1.807) is 0 Å². The van der Waals surface area contributed by atoms with Crippen LogP contribution in [0.1, 0.15) is 24.0 Å². The first-order chi connectivity index (χ1) is 12.1.